The van der Waals surface area contributed by atoms with Gasteiger partial charge in [-0.25, -0.2) is 0 Å². The molecule has 0 heterocycles. The van der Waals surface area contributed by atoms with Gasteiger partial charge in [0.2, 0.25) is 0 Å². The van der Waals surface area contributed by atoms with E-state index < -0.39 is 0 Å². The van der Waals surface area contributed by atoms with Crippen LogP contribution in [0.5, 0.6) is 0 Å². The zero-order chi connectivity index (χ0) is 15.2. The highest BCUT2D eigenvalue weighted by Gasteiger charge is 2.01. The molecule has 0 saturated carbocycles. The molecule has 0 aliphatic heterocycles. The van der Waals surface area contributed by atoms with Gasteiger partial charge in [0, 0.05) is 11.1 Å². The summed E-state index contributed by atoms with van der Waals surface area (Å²) in [5.41, 5.74) is 3.65. The van der Waals surface area contributed by atoms with Crippen molar-refractivity contribution in [1.82, 2.24) is 0 Å². The van der Waals surface area contributed by atoms with Crippen LogP contribution in [-0.4, -0.2) is 11.6 Å². The van der Waals surface area contributed by atoms with Crippen molar-refractivity contribution in [2.75, 3.05) is 0 Å². The molecule has 21 heavy (non-hydrogen) atoms. The van der Waals surface area contributed by atoms with Crippen LogP contribution in [0.2, 0.25) is 0 Å². The van der Waals surface area contributed by atoms with Crippen molar-refractivity contribution < 1.29 is 9.59 Å². The van der Waals surface area contributed by atoms with Crippen molar-refractivity contribution in [2.24, 2.45) is 0 Å². The molecule has 0 unspecified atom stereocenters. The van der Waals surface area contributed by atoms with E-state index >= 15 is 0 Å². The first-order chi connectivity index (χ1) is 10.1. The summed E-state index contributed by atoms with van der Waals surface area (Å²) in [4.78, 5) is 22.4. The highest BCUT2D eigenvalue weighted by atomic mass is 16.1. The summed E-state index contributed by atoms with van der Waals surface area (Å²) >= 11 is 0. The van der Waals surface area contributed by atoms with Crippen molar-refractivity contribution in [2.45, 2.75) is 20.3 Å². The first-order valence-electron chi connectivity index (χ1n) is 6.94. The number of benzene rings is 2. The number of hydrogen-bond acceptors (Lipinski definition) is 2. The van der Waals surface area contributed by atoms with E-state index in [0.717, 1.165) is 28.7 Å². The molecule has 2 heteroatoms. The number of hydrogen-bond donors (Lipinski definition) is 0. The number of carbonyl (C=O) groups excluding carboxylic acids is 2. The molecule has 0 aromatic heterocycles. The summed E-state index contributed by atoms with van der Waals surface area (Å²) in [5.74, 6) is 0.164. The fraction of sp³-hybridized carbons (Fsp3) is 0.158. The molecule has 0 atom stereocenters. The molecule has 2 aromatic rings. The first kappa shape index (κ1) is 15.2. The lowest BCUT2D eigenvalue weighted by atomic mass is 10.0. The zero-order valence-electron chi connectivity index (χ0n) is 12.3. The topological polar surface area (TPSA) is 34.1 Å². The van der Waals surface area contributed by atoms with E-state index in [1.807, 2.05) is 48.5 Å². The van der Waals surface area contributed by atoms with Crippen LogP contribution in [0.25, 0.3) is 0 Å². The summed E-state index contributed by atoms with van der Waals surface area (Å²) in [7, 11) is 0. The predicted octanol–water partition coefficient (Wildman–Crippen LogP) is 4.29. The lowest BCUT2D eigenvalue weighted by Crippen LogP contribution is -1.93. The van der Waals surface area contributed by atoms with Gasteiger partial charge in [-0.1, -0.05) is 48.5 Å². The van der Waals surface area contributed by atoms with Crippen molar-refractivity contribution >= 4 is 11.6 Å². The normalized spacial score (nSPS) is 10.4. The van der Waals surface area contributed by atoms with Crippen LogP contribution in [0, 0.1) is 12.8 Å². The maximum absolute atomic E-state index is 11.2. The Balaban J connectivity index is 1.86. The smallest absolute Gasteiger partial charge is 0.159 e. The summed E-state index contributed by atoms with van der Waals surface area (Å²) in [6.45, 7) is 3.13. The van der Waals surface area contributed by atoms with E-state index in [0.29, 0.717) is 0 Å². The monoisotopic (exact) mass is 278 g/mol. The second kappa shape index (κ2) is 6.98. The number of rotatable bonds is 6. The fourth-order valence-electron chi connectivity index (χ4n) is 2.04. The highest BCUT2D eigenvalue weighted by Crippen LogP contribution is 2.14. The van der Waals surface area contributed by atoms with Gasteiger partial charge in [-0.2, -0.15) is 0 Å². The van der Waals surface area contributed by atoms with Crippen LogP contribution < -0.4 is 0 Å². The molecule has 0 amide bonds. The second-order valence-electron chi connectivity index (χ2n) is 5.00. The van der Waals surface area contributed by atoms with E-state index in [4.69, 9.17) is 0 Å². The van der Waals surface area contributed by atoms with Gasteiger partial charge in [-0.15, -0.1) is 0 Å². The van der Waals surface area contributed by atoms with Crippen LogP contribution in [0.15, 0.2) is 48.5 Å². The van der Waals surface area contributed by atoms with Gasteiger partial charge in [0.25, 0.3) is 0 Å². The minimum atomic E-state index is 0.0821. The molecule has 2 rings (SSSR count). The number of carbonyl (C=O) groups is 2. The van der Waals surface area contributed by atoms with Crippen molar-refractivity contribution in [3.8, 4) is 0 Å². The Morgan fingerprint density at radius 1 is 0.714 bits per heavy atom. The average molecular weight is 278 g/mol. The predicted molar refractivity (Wildman–Crippen MR) is 84.3 cm³/mol. The molecule has 2 nitrogen and oxygen atoms in total. The molecule has 0 spiro atoms. The standard InChI is InChI=1S/C19H18O2/c1-14(20)18-10-6-16(7-11-18)4-3-5-17-8-12-19(13-9-17)15(2)21/h4-13H,3H2,1-2H3. The van der Waals surface area contributed by atoms with E-state index in [1.165, 1.54) is 0 Å². The Kier molecular flexibility index (Phi) is 5.04. The largest absolute Gasteiger partial charge is 0.295 e. The summed E-state index contributed by atoms with van der Waals surface area (Å²) in [6, 6.07) is 15.2. The van der Waals surface area contributed by atoms with Gasteiger partial charge in [-0.3, -0.25) is 9.59 Å². The lowest BCUT2D eigenvalue weighted by molar-refractivity contribution is 0.100. The maximum atomic E-state index is 11.2. The molecule has 0 bridgehead atoms. The van der Waals surface area contributed by atoms with E-state index in [2.05, 4.69) is 12.8 Å². The maximum Gasteiger partial charge on any atom is 0.159 e. The van der Waals surface area contributed by atoms with E-state index in [-0.39, 0.29) is 11.6 Å². The van der Waals surface area contributed by atoms with Gasteiger partial charge >= 0.3 is 0 Å². The Labute approximate surface area is 125 Å². The van der Waals surface area contributed by atoms with Crippen molar-refractivity contribution in [1.29, 1.82) is 0 Å². The fourth-order valence-corrected chi connectivity index (χ4v) is 2.04. The molecule has 2 aromatic carbocycles. The zero-order valence-corrected chi connectivity index (χ0v) is 12.3. The van der Waals surface area contributed by atoms with E-state index in [9.17, 15) is 9.59 Å². The minimum absolute atomic E-state index is 0.0821. The van der Waals surface area contributed by atoms with Gasteiger partial charge < -0.3 is 0 Å². The molecule has 2 radical (unpaired) electrons. The number of ketones is 2. The number of Topliss-reactive ketones (excluding diaryl/α,β-unsaturated/α-hetero) is 2. The Hall–Kier alpha value is -2.22. The Morgan fingerprint density at radius 2 is 1.05 bits per heavy atom. The van der Waals surface area contributed by atoms with Crippen LogP contribution in [-0.2, 0) is 0 Å². The first-order valence-corrected chi connectivity index (χ1v) is 6.94. The van der Waals surface area contributed by atoms with Gasteiger partial charge in [-0.05, 0) is 44.2 Å². The highest BCUT2D eigenvalue weighted by molar-refractivity contribution is 5.94. The van der Waals surface area contributed by atoms with Crippen LogP contribution in [0.1, 0.15) is 52.1 Å². The van der Waals surface area contributed by atoms with Crippen molar-refractivity contribution in [3.05, 3.63) is 83.6 Å². The van der Waals surface area contributed by atoms with Gasteiger partial charge in [0.1, 0.15) is 0 Å². The molecular formula is C19H18O2. The Bertz CT molecular complexity index is 564. The van der Waals surface area contributed by atoms with Crippen molar-refractivity contribution in [3.63, 3.8) is 0 Å². The summed E-state index contributed by atoms with van der Waals surface area (Å²) in [5, 5.41) is 0. The second-order valence-corrected chi connectivity index (χ2v) is 5.00. The third kappa shape index (κ3) is 4.38. The Morgan fingerprint density at radius 3 is 1.33 bits per heavy atom. The van der Waals surface area contributed by atoms with Crippen LogP contribution >= 0.6 is 0 Å². The lowest BCUT2D eigenvalue weighted by Gasteiger charge is -2.04. The van der Waals surface area contributed by atoms with Gasteiger partial charge in [0.05, 0.1) is 0 Å². The molecule has 106 valence electrons. The van der Waals surface area contributed by atoms with Crippen LogP contribution in [0.3, 0.4) is 0 Å². The van der Waals surface area contributed by atoms with Gasteiger partial charge in [0.15, 0.2) is 11.6 Å². The third-order valence-corrected chi connectivity index (χ3v) is 3.34. The quantitative estimate of drug-likeness (QED) is 0.739. The molecule has 0 aliphatic carbocycles. The molecule has 0 fully saturated rings. The molecule has 0 saturated heterocycles. The summed E-state index contributed by atoms with van der Waals surface area (Å²) < 4.78 is 0. The molecule has 0 aliphatic rings. The molecule has 0 N–H and O–H groups in total. The van der Waals surface area contributed by atoms with Crippen LogP contribution in [0.4, 0.5) is 0 Å². The SMILES string of the molecule is CC(=O)c1ccc([CH]C[CH]c2ccc(C(C)=O)cc2)cc1. The molecular weight excluding hydrogens is 260 g/mol. The average Bonchev–Trinajstić information content (AvgIpc) is 2.48. The minimum Gasteiger partial charge on any atom is -0.295 e. The van der Waals surface area contributed by atoms with E-state index in [1.54, 1.807) is 13.8 Å². The summed E-state index contributed by atoms with van der Waals surface area (Å²) in [6.07, 6.45) is 5.00. The third-order valence-electron chi connectivity index (χ3n) is 3.34.